The highest BCUT2D eigenvalue weighted by molar-refractivity contribution is 7.13. The second-order valence-electron chi connectivity index (χ2n) is 5.95. The Balaban J connectivity index is 0.00000196. The monoisotopic (exact) mass is 394 g/mol. The average molecular weight is 395 g/mol. The predicted molar refractivity (Wildman–Crippen MR) is 101 cm³/mol. The topological polar surface area (TPSA) is 97.9 Å². The maximum absolute atomic E-state index is 12.5. The number of halogens is 1. The maximum Gasteiger partial charge on any atom is 0.277 e. The highest BCUT2D eigenvalue weighted by Gasteiger charge is 2.22. The first kappa shape index (κ1) is 18.6. The smallest absolute Gasteiger partial charge is 0.277 e. The van der Waals surface area contributed by atoms with Crippen LogP contribution >= 0.6 is 23.7 Å². The van der Waals surface area contributed by atoms with E-state index in [4.69, 9.17) is 4.42 Å². The van der Waals surface area contributed by atoms with Gasteiger partial charge in [-0.3, -0.25) is 10.1 Å². The molecule has 8 nitrogen and oxygen atoms in total. The van der Waals surface area contributed by atoms with E-state index in [1.165, 1.54) is 11.3 Å². The SMILES string of the molecule is Cl.Cn1nc(C2CCNCC2)nc1NC(=O)c1csc(-c2ccoc2)n1. The summed E-state index contributed by atoms with van der Waals surface area (Å²) in [6.07, 6.45) is 5.21. The van der Waals surface area contributed by atoms with Crippen molar-refractivity contribution in [3.05, 3.63) is 35.5 Å². The molecule has 4 rings (SSSR count). The van der Waals surface area contributed by atoms with E-state index in [1.807, 2.05) is 6.07 Å². The van der Waals surface area contributed by atoms with E-state index in [1.54, 1.807) is 29.6 Å². The number of amides is 1. The van der Waals surface area contributed by atoms with Crippen molar-refractivity contribution in [1.29, 1.82) is 0 Å². The van der Waals surface area contributed by atoms with Crippen LogP contribution < -0.4 is 10.6 Å². The summed E-state index contributed by atoms with van der Waals surface area (Å²) in [5.41, 5.74) is 1.21. The Kier molecular flexibility index (Phi) is 5.70. The number of aromatic nitrogens is 4. The van der Waals surface area contributed by atoms with Gasteiger partial charge in [-0.1, -0.05) is 0 Å². The second kappa shape index (κ2) is 7.98. The molecule has 2 N–H and O–H groups in total. The molecule has 1 saturated heterocycles. The molecule has 0 atom stereocenters. The van der Waals surface area contributed by atoms with Gasteiger partial charge in [0.25, 0.3) is 5.91 Å². The van der Waals surface area contributed by atoms with Gasteiger partial charge in [-0.05, 0) is 32.0 Å². The lowest BCUT2D eigenvalue weighted by atomic mass is 9.98. The molecule has 0 aliphatic carbocycles. The molecule has 1 fully saturated rings. The molecule has 0 aromatic carbocycles. The standard InChI is InChI=1S/C16H18N6O2S.ClH/c1-22-16(19-13(21-22)10-2-5-17-6-3-10)20-14(23)12-9-25-15(18-12)11-4-7-24-8-11;/h4,7-10,17H,2-3,5-6H2,1H3,(H,19,20,21,23);1H. The Hall–Kier alpha value is -2.23. The molecule has 10 heteroatoms. The molecule has 3 aromatic heterocycles. The van der Waals surface area contributed by atoms with Crippen LogP contribution in [0.5, 0.6) is 0 Å². The number of piperidine rings is 1. The van der Waals surface area contributed by atoms with Crippen molar-refractivity contribution in [3.63, 3.8) is 0 Å². The van der Waals surface area contributed by atoms with E-state index in [-0.39, 0.29) is 18.3 Å². The van der Waals surface area contributed by atoms with Gasteiger partial charge in [0.15, 0.2) is 5.82 Å². The van der Waals surface area contributed by atoms with Crippen LogP contribution in [-0.2, 0) is 7.05 Å². The molecule has 1 amide bonds. The minimum atomic E-state index is -0.293. The normalized spacial score (nSPS) is 14.8. The summed E-state index contributed by atoms with van der Waals surface area (Å²) in [5, 5.41) is 13.1. The molecule has 138 valence electrons. The fourth-order valence-corrected chi connectivity index (χ4v) is 3.61. The Bertz CT molecular complexity index is 869. The minimum Gasteiger partial charge on any atom is -0.472 e. The summed E-state index contributed by atoms with van der Waals surface area (Å²) in [4.78, 5) is 21.3. The Labute approximate surface area is 160 Å². The Morgan fingerprint density at radius 1 is 1.38 bits per heavy atom. The van der Waals surface area contributed by atoms with E-state index in [9.17, 15) is 4.79 Å². The molecular formula is C16H19ClN6O2S. The number of furan rings is 1. The van der Waals surface area contributed by atoms with Crippen LogP contribution in [0.15, 0.2) is 28.4 Å². The summed E-state index contributed by atoms with van der Waals surface area (Å²) in [6, 6.07) is 1.81. The number of carbonyl (C=O) groups excluding carboxylic acids is 1. The molecule has 0 radical (unpaired) electrons. The molecule has 0 bridgehead atoms. The lowest BCUT2D eigenvalue weighted by molar-refractivity contribution is 0.102. The maximum atomic E-state index is 12.5. The number of nitrogens with zero attached hydrogens (tertiary/aromatic N) is 4. The number of rotatable bonds is 4. The predicted octanol–water partition coefficient (Wildman–Crippen LogP) is 2.67. The van der Waals surface area contributed by atoms with Gasteiger partial charge in [-0.2, -0.15) is 10.1 Å². The third kappa shape index (κ3) is 3.79. The average Bonchev–Trinajstić information content (AvgIpc) is 3.36. The number of anilines is 1. The summed E-state index contributed by atoms with van der Waals surface area (Å²) >= 11 is 1.40. The van der Waals surface area contributed by atoms with Crippen LogP contribution in [0.1, 0.15) is 35.1 Å². The number of hydrogen-bond acceptors (Lipinski definition) is 7. The highest BCUT2D eigenvalue weighted by Crippen LogP contribution is 2.25. The first-order valence-corrected chi connectivity index (χ1v) is 9.00. The Morgan fingerprint density at radius 2 is 2.19 bits per heavy atom. The fraction of sp³-hybridized carbons (Fsp3) is 0.375. The van der Waals surface area contributed by atoms with Crippen LogP contribution in [0.4, 0.5) is 5.95 Å². The molecule has 26 heavy (non-hydrogen) atoms. The third-order valence-corrected chi connectivity index (χ3v) is 5.11. The molecule has 4 heterocycles. The van der Waals surface area contributed by atoms with Crippen molar-refractivity contribution >= 4 is 35.6 Å². The van der Waals surface area contributed by atoms with E-state index in [0.29, 0.717) is 17.6 Å². The first-order valence-electron chi connectivity index (χ1n) is 8.12. The number of thiazole rings is 1. The molecule has 1 aliphatic rings. The molecule has 0 unspecified atom stereocenters. The van der Waals surface area contributed by atoms with E-state index >= 15 is 0 Å². The molecule has 0 saturated carbocycles. The molecule has 3 aromatic rings. The van der Waals surface area contributed by atoms with Crippen LogP contribution in [0.3, 0.4) is 0 Å². The zero-order chi connectivity index (χ0) is 17.2. The van der Waals surface area contributed by atoms with Crippen LogP contribution in [-0.4, -0.2) is 38.7 Å². The Morgan fingerprint density at radius 3 is 2.92 bits per heavy atom. The van der Waals surface area contributed by atoms with Gasteiger partial charge in [-0.25, -0.2) is 9.67 Å². The van der Waals surface area contributed by atoms with Crippen molar-refractivity contribution in [3.8, 4) is 10.6 Å². The summed E-state index contributed by atoms with van der Waals surface area (Å²) in [5.74, 6) is 1.27. The van der Waals surface area contributed by atoms with Crippen molar-refractivity contribution in [2.45, 2.75) is 18.8 Å². The minimum absolute atomic E-state index is 0. The van der Waals surface area contributed by atoms with Gasteiger partial charge < -0.3 is 9.73 Å². The van der Waals surface area contributed by atoms with Crippen LogP contribution in [0.2, 0.25) is 0 Å². The fourth-order valence-electron chi connectivity index (χ4n) is 2.83. The van der Waals surface area contributed by atoms with Crippen LogP contribution in [0, 0.1) is 0 Å². The number of hydrogen-bond donors (Lipinski definition) is 2. The second-order valence-corrected chi connectivity index (χ2v) is 6.80. The van der Waals surface area contributed by atoms with Crippen molar-refractivity contribution in [1.82, 2.24) is 25.1 Å². The van der Waals surface area contributed by atoms with Crippen LogP contribution in [0.25, 0.3) is 10.6 Å². The summed E-state index contributed by atoms with van der Waals surface area (Å²) < 4.78 is 6.66. The quantitative estimate of drug-likeness (QED) is 0.706. The van der Waals surface area contributed by atoms with Crippen molar-refractivity contribution in [2.24, 2.45) is 7.05 Å². The van der Waals surface area contributed by atoms with E-state index in [2.05, 4.69) is 25.7 Å². The van der Waals surface area contributed by atoms with Gasteiger partial charge in [-0.15, -0.1) is 23.7 Å². The summed E-state index contributed by atoms with van der Waals surface area (Å²) in [7, 11) is 1.78. The van der Waals surface area contributed by atoms with Gasteiger partial charge in [0.2, 0.25) is 5.95 Å². The lowest BCUT2D eigenvalue weighted by Gasteiger charge is -2.19. The van der Waals surface area contributed by atoms with Gasteiger partial charge in [0.05, 0.1) is 6.26 Å². The number of carbonyl (C=O) groups is 1. The zero-order valence-corrected chi connectivity index (χ0v) is 15.8. The molecule has 1 aliphatic heterocycles. The molecular weight excluding hydrogens is 376 g/mol. The van der Waals surface area contributed by atoms with Crippen molar-refractivity contribution in [2.75, 3.05) is 18.4 Å². The highest BCUT2D eigenvalue weighted by atomic mass is 35.5. The zero-order valence-electron chi connectivity index (χ0n) is 14.1. The molecule has 0 spiro atoms. The lowest BCUT2D eigenvalue weighted by Crippen LogP contribution is -2.27. The van der Waals surface area contributed by atoms with E-state index in [0.717, 1.165) is 42.3 Å². The largest absolute Gasteiger partial charge is 0.472 e. The van der Waals surface area contributed by atoms with Crippen molar-refractivity contribution < 1.29 is 9.21 Å². The summed E-state index contributed by atoms with van der Waals surface area (Å²) in [6.45, 7) is 1.94. The first-order chi connectivity index (χ1) is 12.2. The number of nitrogens with one attached hydrogen (secondary N) is 2. The van der Waals surface area contributed by atoms with E-state index < -0.39 is 0 Å². The number of aryl methyl sites for hydroxylation is 1. The van der Waals surface area contributed by atoms with Gasteiger partial charge in [0, 0.05) is 23.9 Å². The van der Waals surface area contributed by atoms with Gasteiger partial charge >= 0.3 is 0 Å². The third-order valence-electron chi connectivity index (χ3n) is 4.21. The van der Waals surface area contributed by atoms with Gasteiger partial charge in [0.1, 0.15) is 17.0 Å².